The molecule has 0 saturated heterocycles. The molecule has 0 radical (unpaired) electrons. The molecule has 0 spiro atoms. The van der Waals surface area contributed by atoms with Gasteiger partial charge in [-0.05, 0) is 20.3 Å². The molecule has 0 aliphatic rings. The Morgan fingerprint density at radius 3 is 1.20 bits per heavy atom. The standard InChI is InChI=1S/C26H53NO3/c1-4-5-6-7-8-9-10-11-12-13-14-15-16-17-18-19-20-21-26(30)27(22-24(2)28)23-25(3)29/h24-25,28-29H,4-23H2,1-3H3. The van der Waals surface area contributed by atoms with Crippen LogP contribution < -0.4 is 0 Å². The number of carbonyl (C=O) groups excluding carboxylic acids is 1. The minimum Gasteiger partial charge on any atom is -0.392 e. The summed E-state index contributed by atoms with van der Waals surface area (Å²) in [5.41, 5.74) is 0. The zero-order valence-corrected chi connectivity index (χ0v) is 20.5. The molecule has 30 heavy (non-hydrogen) atoms. The fourth-order valence-electron chi connectivity index (χ4n) is 4.08. The van der Waals surface area contributed by atoms with Crippen molar-refractivity contribution >= 4 is 5.91 Å². The van der Waals surface area contributed by atoms with Gasteiger partial charge in [0, 0.05) is 19.5 Å². The quantitative estimate of drug-likeness (QED) is 0.191. The lowest BCUT2D eigenvalue weighted by Gasteiger charge is -2.25. The first-order chi connectivity index (χ1) is 14.5. The summed E-state index contributed by atoms with van der Waals surface area (Å²) in [6.07, 6.45) is 22.1. The summed E-state index contributed by atoms with van der Waals surface area (Å²) < 4.78 is 0. The lowest BCUT2D eigenvalue weighted by molar-refractivity contribution is -0.134. The number of aliphatic hydroxyl groups is 2. The number of rotatable bonds is 22. The van der Waals surface area contributed by atoms with E-state index in [1.165, 1.54) is 96.3 Å². The van der Waals surface area contributed by atoms with Crippen molar-refractivity contribution in [2.45, 2.75) is 149 Å². The largest absolute Gasteiger partial charge is 0.392 e. The second-order valence-corrected chi connectivity index (χ2v) is 9.40. The first-order valence-electron chi connectivity index (χ1n) is 13.1. The predicted molar refractivity (Wildman–Crippen MR) is 129 cm³/mol. The Hall–Kier alpha value is -0.610. The third kappa shape index (κ3) is 20.7. The summed E-state index contributed by atoms with van der Waals surface area (Å²) >= 11 is 0. The monoisotopic (exact) mass is 427 g/mol. The predicted octanol–water partition coefficient (Wildman–Crippen LogP) is 6.62. The third-order valence-corrected chi connectivity index (χ3v) is 5.82. The number of unbranched alkanes of at least 4 members (excludes halogenated alkanes) is 16. The van der Waals surface area contributed by atoms with E-state index < -0.39 is 12.2 Å². The first kappa shape index (κ1) is 29.4. The SMILES string of the molecule is CCCCCCCCCCCCCCCCCCCC(=O)N(CC(C)O)CC(C)O. The Morgan fingerprint density at radius 2 is 0.900 bits per heavy atom. The molecule has 2 N–H and O–H groups in total. The van der Waals surface area contributed by atoms with Crippen LogP contribution in [0.3, 0.4) is 0 Å². The van der Waals surface area contributed by atoms with Gasteiger partial charge in [0.25, 0.3) is 0 Å². The normalized spacial score (nSPS) is 13.4. The maximum Gasteiger partial charge on any atom is 0.222 e. The fourth-order valence-corrected chi connectivity index (χ4v) is 4.08. The van der Waals surface area contributed by atoms with Crippen LogP contribution >= 0.6 is 0 Å². The van der Waals surface area contributed by atoms with Gasteiger partial charge in [0.1, 0.15) is 0 Å². The van der Waals surface area contributed by atoms with E-state index in [1.54, 1.807) is 18.7 Å². The van der Waals surface area contributed by atoms with Crippen LogP contribution in [0, 0.1) is 0 Å². The molecule has 2 atom stereocenters. The van der Waals surface area contributed by atoms with Crippen LogP contribution in [0.15, 0.2) is 0 Å². The number of aliphatic hydroxyl groups excluding tert-OH is 2. The first-order valence-corrected chi connectivity index (χ1v) is 13.1. The highest BCUT2D eigenvalue weighted by molar-refractivity contribution is 5.76. The summed E-state index contributed by atoms with van der Waals surface area (Å²) in [6, 6.07) is 0. The van der Waals surface area contributed by atoms with Crippen LogP contribution in [-0.2, 0) is 4.79 Å². The highest BCUT2D eigenvalue weighted by atomic mass is 16.3. The maximum atomic E-state index is 12.3. The fraction of sp³-hybridized carbons (Fsp3) is 0.962. The van der Waals surface area contributed by atoms with E-state index in [0.29, 0.717) is 19.5 Å². The van der Waals surface area contributed by atoms with Crippen molar-refractivity contribution in [1.82, 2.24) is 4.90 Å². The number of amides is 1. The van der Waals surface area contributed by atoms with Gasteiger partial charge in [-0.2, -0.15) is 0 Å². The molecule has 0 heterocycles. The molecular weight excluding hydrogens is 374 g/mol. The summed E-state index contributed by atoms with van der Waals surface area (Å²) in [5.74, 6) is 0.0535. The van der Waals surface area contributed by atoms with Gasteiger partial charge < -0.3 is 15.1 Å². The molecular formula is C26H53NO3. The van der Waals surface area contributed by atoms with Crippen molar-refractivity contribution in [3.05, 3.63) is 0 Å². The van der Waals surface area contributed by atoms with Gasteiger partial charge in [-0.3, -0.25) is 4.79 Å². The zero-order chi connectivity index (χ0) is 22.5. The minimum absolute atomic E-state index is 0.0535. The summed E-state index contributed by atoms with van der Waals surface area (Å²) in [5, 5.41) is 19.1. The Kier molecular flexibility index (Phi) is 21.2. The third-order valence-electron chi connectivity index (χ3n) is 5.82. The molecule has 0 bridgehead atoms. The molecule has 0 aliphatic heterocycles. The molecule has 0 rings (SSSR count). The highest BCUT2D eigenvalue weighted by Gasteiger charge is 2.16. The van der Waals surface area contributed by atoms with Crippen molar-refractivity contribution < 1.29 is 15.0 Å². The van der Waals surface area contributed by atoms with E-state index in [-0.39, 0.29) is 5.91 Å². The smallest absolute Gasteiger partial charge is 0.222 e. The van der Waals surface area contributed by atoms with E-state index in [4.69, 9.17) is 0 Å². The Morgan fingerprint density at radius 1 is 0.600 bits per heavy atom. The molecule has 0 saturated carbocycles. The molecule has 180 valence electrons. The van der Waals surface area contributed by atoms with Gasteiger partial charge in [-0.25, -0.2) is 0 Å². The van der Waals surface area contributed by atoms with Gasteiger partial charge in [0.2, 0.25) is 5.91 Å². The number of hydrogen-bond acceptors (Lipinski definition) is 3. The van der Waals surface area contributed by atoms with Crippen molar-refractivity contribution in [3.63, 3.8) is 0 Å². The second kappa shape index (κ2) is 21.6. The molecule has 4 nitrogen and oxygen atoms in total. The molecule has 0 aromatic heterocycles. The average Bonchev–Trinajstić information content (AvgIpc) is 2.69. The van der Waals surface area contributed by atoms with E-state index in [1.807, 2.05) is 0 Å². The van der Waals surface area contributed by atoms with Crippen molar-refractivity contribution in [1.29, 1.82) is 0 Å². The molecule has 0 aliphatic carbocycles. The van der Waals surface area contributed by atoms with Gasteiger partial charge >= 0.3 is 0 Å². The summed E-state index contributed by atoms with van der Waals surface area (Å²) in [4.78, 5) is 13.9. The molecule has 0 fully saturated rings. The average molecular weight is 428 g/mol. The molecule has 4 heteroatoms. The van der Waals surface area contributed by atoms with E-state index in [2.05, 4.69) is 6.92 Å². The van der Waals surface area contributed by atoms with Crippen molar-refractivity contribution in [2.75, 3.05) is 13.1 Å². The van der Waals surface area contributed by atoms with Crippen LogP contribution in [0.5, 0.6) is 0 Å². The summed E-state index contributed by atoms with van der Waals surface area (Å²) in [6.45, 7) is 6.25. The number of hydrogen-bond donors (Lipinski definition) is 2. The Labute approximate surface area is 187 Å². The molecule has 0 aromatic rings. The topological polar surface area (TPSA) is 60.8 Å². The van der Waals surface area contributed by atoms with Gasteiger partial charge in [-0.1, -0.05) is 110 Å². The maximum absolute atomic E-state index is 12.3. The highest BCUT2D eigenvalue weighted by Crippen LogP contribution is 2.14. The minimum atomic E-state index is -0.553. The molecule has 2 unspecified atom stereocenters. The van der Waals surface area contributed by atoms with Crippen molar-refractivity contribution in [3.8, 4) is 0 Å². The van der Waals surface area contributed by atoms with Crippen LogP contribution in [0.1, 0.15) is 136 Å². The zero-order valence-electron chi connectivity index (χ0n) is 20.5. The van der Waals surface area contributed by atoms with E-state index >= 15 is 0 Å². The van der Waals surface area contributed by atoms with E-state index in [0.717, 1.165) is 12.8 Å². The Bertz CT molecular complexity index is 361. The van der Waals surface area contributed by atoms with E-state index in [9.17, 15) is 15.0 Å². The second-order valence-electron chi connectivity index (χ2n) is 9.40. The molecule has 1 amide bonds. The van der Waals surface area contributed by atoms with Crippen LogP contribution in [0.25, 0.3) is 0 Å². The van der Waals surface area contributed by atoms with Gasteiger partial charge in [0.05, 0.1) is 12.2 Å². The summed E-state index contributed by atoms with van der Waals surface area (Å²) in [7, 11) is 0. The van der Waals surface area contributed by atoms with Crippen molar-refractivity contribution in [2.24, 2.45) is 0 Å². The van der Waals surface area contributed by atoms with Gasteiger partial charge in [-0.15, -0.1) is 0 Å². The van der Waals surface area contributed by atoms with Crippen LogP contribution in [-0.4, -0.2) is 46.3 Å². The van der Waals surface area contributed by atoms with Crippen LogP contribution in [0.2, 0.25) is 0 Å². The lowest BCUT2D eigenvalue weighted by atomic mass is 10.0. The van der Waals surface area contributed by atoms with Gasteiger partial charge in [0.15, 0.2) is 0 Å². The number of nitrogens with zero attached hydrogens (tertiary/aromatic N) is 1. The van der Waals surface area contributed by atoms with Crippen LogP contribution in [0.4, 0.5) is 0 Å². The molecule has 0 aromatic carbocycles. The number of carbonyl (C=O) groups is 1. The lowest BCUT2D eigenvalue weighted by Crippen LogP contribution is -2.40. The Balaban J connectivity index is 3.42.